The number of nitrogen functional groups attached to an aromatic ring is 1. The number of rotatable bonds is 12. The lowest BCUT2D eigenvalue weighted by Gasteiger charge is -2.19. The lowest BCUT2D eigenvalue weighted by Crippen LogP contribution is -2.21. The van der Waals surface area contributed by atoms with E-state index in [9.17, 15) is 31.8 Å². The molecule has 58 heavy (non-hydrogen) atoms. The van der Waals surface area contributed by atoms with Gasteiger partial charge in [0.2, 0.25) is 18.5 Å². The largest absolute Gasteiger partial charge is 0.398 e. The predicted octanol–water partition coefficient (Wildman–Crippen LogP) is 7.25. The fourth-order valence-corrected chi connectivity index (χ4v) is 12.2. The van der Waals surface area contributed by atoms with E-state index >= 15 is 0 Å². The summed E-state index contributed by atoms with van der Waals surface area (Å²) in [5, 5.41) is 27.4. The van der Waals surface area contributed by atoms with Gasteiger partial charge in [-0.3, -0.25) is 4.79 Å². The number of aliphatic hydroxyl groups is 2. The molecule has 2 aromatic heterocycles. The number of primary sulfonamides is 1. The van der Waals surface area contributed by atoms with Crippen LogP contribution in [0, 0.1) is 11.8 Å². The van der Waals surface area contributed by atoms with Crippen LogP contribution >= 0.6 is 22.7 Å². The van der Waals surface area contributed by atoms with Crippen LogP contribution in [0.5, 0.6) is 0 Å². The Kier molecular flexibility index (Phi) is 13.1. The summed E-state index contributed by atoms with van der Waals surface area (Å²) in [5.74, 6) is 1.83. The molecule has 0 unspecified atom stereocenters. The van der Waals surface area contributed by atoms with E-state index in [1.165, 1.54) is 103 Å². The van der Waals surface area contributed by atoms with Crippen molar-refractivity contribution < 1.29 is 31.8 Å². The zero-order chi connectivity index (χ0) is 42.4. The summed E-state index contributed by atoms with van der Waals surface area (Å²) in [5.41, 5.74) is 14.9. The van der Waals surface area contributed by atoms with Crippen molar-refractivity contribution in [3.8, 4) is 0 Å². The van der Waals surface area contributed by atoms with Crippen molar-refractivity contribution in [2.45, 2.75) is 144 Å². The van der Waals surface area contributed by atoms with E-state index < -0.39 is 36.8 Å². The van der Waals surface area contributed by atoms with E-state index in [2.05, 4.69) is 48.1 Å². The van der Waals surface area contributed by atoms with Crippen LogP contribution in [0.4, 0.5) is 5.69 Å². The molecule has 0 bridgehead atoms. The fourth-order valence-electron chi connectivity index (χ4n) is 8.08. The first-order valence-corrected chi connectivity index (χ1v) is 25.2. The third-order valence-corrected chi connectivity index (χ3v) is 17.1. The number of nitrogens with two attached hydrogens (primary N) is 2. The van der Waals surface area contributed by atoms with Crippen LogP contribution in [0.15, 0.2) is 43.7 Å². The second-order valence-electron chi connectivity index (χ2n) is 17.6. The first-order chi connectivity index (χ1) is 27.0. The number of hydrogen-bond donors (Lipinski definition) is 4. The average molecular weight is 871 g/mol. The second-order valence-corrected chi connectivity index (χ2v) is 23.2. The maximum Gasteiger partial charge on any atom is 0.265 e. The van der Waals surface area contributed by atoms with Gasteiger partial charge < -0.3 is 15.9 Å². The van der Waals surface area contributed by atoms with Crippen LogP contribution < -0.4 is 10.9 Å². The number of fused-ring (bicyclic) bond motifs is 2. The minimum absolute atomic E-state index is 0.0992. The Labute approximate surface area is 351 Å². The van der Waals surface area contributed by atoms with Crippen LogP contribution in [0.1, 0.15) is 142 Å². The average Bonchev–Trinajstić information content (AvgIpc) is 3.83. The molecule has 2 saturated carbocycles. The van der Waals surface area contributed by atoms with Gasteiger partial charge in [-0.15, -0.1) is 22.7 Å². The van der Waals surface area contributed by atoms with Crippen molar-refractivity contribution in [1.29, 1.82) is 0 Å². The fraction of sp³-hybridized carbons (Fsp3) is 0.558. The second kappa shape index (κ2) is 17.1. The Hall–Kier alpha value is -3.05. The number of Topliss-reactive ketones (excluding diaryl/α,β-unsaturated/α-hetero) is 1. The molecule has 4 aliphatic rings. The van der Waals surface area contributed by atoms with Crippen molar-refractivity contribution in [2.24, 2.45) is 17.0 Å². The van der Waals surface area contributed by atoms with E-state index in [1.54, 1.807) is 13.8 Å². The van der Waals surface area contributed by atoms with Gasteiger partial charge in [-0.25, -0.2) is 31.9 Å². The summed E-state index contributed by atoms with van der Waals surface area (Å²) in [6, 6.07) is 8.96. The number of aryl methyl sites for hydroxylation is 2. The molecule has 2 atom stereocenters. The predicted molar refractivity (Wildman–Crippen MR) is 230 cm³/mol. The van der Waals surface area contributed by atoms with E-state index in [0.717, 1.165) is 59.1 Å². The maximum atomic E-state index is 12.9. The number of benzene rings is 2. The lowest BCUT2D eigenvalue weighted by atomic mass is 9.86. The smallest absolute Gasteiger partial charge is 0.265 e. The van der Waals surface area contributed by atoms with Crippen LogP contribution in [0.3, 0.4) is 0 Å². The summed E-state index contributed by atoms with van der Waals surface area (Å²) in [4.78, 5) is 20.7. The zero-order valence-corrected chi connectivity index (χ0v) is 37.6. The third kappa shape index (κ3) is 10.6. The number of sulfonamides is 1. The Morgan fingerprint density at radius 2 is 1.22 bits per heavy atom. The maximum absolute atomic E-state index is 12.9. The topological polar surface area (TPSA) is 204 Å². The number of nitrogens with zero attached hydrogens (tertiary/aromatic N) is 2. The highest BCUT2D eigenvalue weighted by Crippen LogP contribution is 2.46. The number of ketones is 1. The Balaban J connectivity index is 0.000000168. The van der Waals surface area contributed by atoms with Crippen molar-refractivity contribution >= 4 is 54.0 Å². The van der Waals surface area contributed by atoms with Gasteiger partial charge in [0.05, 0.1) is 11.4 Å². The van der Waals surface area contributed by atoms with Gasteiger partial charge in [0.25, 0.3) is 10.0 Å². The molecule has 0 amide bonds. The van der Waals surface area contributed by atoms with E-state index in [4.69, 9.17) is 10.9 Å². The Bertz CT molecular complexity index is 2360. The molecule has 4 aliphatic carbocycles. The number of carbonyl (C=O) groups is 1. The molecule has 0 aliphatic heterocycles. The summed E-state index contributed by atoms with van der Waals surface area (Å²) in [6.45, 7) is 10.7. The summed E-state index contributed by atoms with van der Waals surface area (Å²) < 4.78 is 46.9. The monoisotopic (exact) mass is 870 g/mol. The lowest BCUT2D eigenvalue weighted by molar-refractivity contribution is -0.116. The molecule has 0 saturated heterocycles. The Morgan fingerprint density at radius 1 is 0.759 bits per heavy atom. The van der Waals surface area contributed by atoms with Crippen LogP contribution in [0.25, 0.3) is 0 Å². The molecule has 316 valence electrons. The molecule has 0 spiro atoms. The summed E-state index contributed by atoms with van der Waals surface area (Å²) in [6.07, 6.45) is 12.2. The van der Waals surface area contributed by atoms with Gasteiger partial charge in [0.1, 0.15) is 17.0 Å². The molecule has 6 N–H and O–H groups in total. The number of thiazole rings is 2. The van der Waals surface area contributed by atoms with Gasteiger partial charge in [-0.1, -0.05) is 38.1 Å². The highest BCUT2D eigenvalue weighted by molar-refractivity contribution is 7.94. The molecule has 15 heteroatoms. The Morgan fingerprint density at radius 3 is 1.71 bits per heavy atom. The molecule has 11 nitrogen and oxygen atoms in total. The summed E-state index contributed by atoms with van der Waals surface area (Å²) in [7, 11) is -7.57. The van der Waals surface area contributed by atoms with E-state index in [1.807, 2.05) is 0 Å². The van der Waals surface area contributed by atoms with Gasteiger partial charge in [0.15, 0.2) is 5.78 Å². The molecular weight excluding hydrogens is 813 g/mol. The first kappa shape index (κ1) is 44.5. The van der Waals surface area contributed by atoms with Crippen molar-refractivity contribution in [2.75, 3.05) is 11.5 Å². The molecule has 8 rings (SSSR count). The number of anilines is 1. The molecule has 2 aromatic carbocycles. The zero-order valence-electron chi connectivity index (χ0n) is 34.4. The molecular formula is C43H58N4O7S4. The van der Waals surface area contributed by atoms with Gasteiger partial charge >= 0.3 is 0 Å². The quantitative estimate of drug-likeness (QED) is 0.105. The number of aromatic nitrogens is 2. The minimum atomic E-state index is -3.82. The van der Waals surface area contributed by atoms with Crippen molar-refractivity contribution in [3.05, 3.63) is 85.4 Å². The number of hydrogen-bond acceptors (Lipinski definition) is 12. The number of carbonyl (C=O) groups excluding carboxylic acids is 1. The van der Waals surface area contributed by atoms with Gasteiger partial charge in [0, 0.05) is 22.9 Å². The standard InChI is InChI=1S/C23H29NO4S2.C14H19N.C6H10N2O3S2/c1-14(15-7-8-15)18-10-9-16-5-4-6-19(16)20(18)11-17(25)13-30(27,28)22-24-21(12-29-22)23(2,3)26;1-9(10-5-6-10)12-8-7-11-3-2-4-13(11)14(12)15;1-6(2,9)4-3-12-5(8-4)13(7,10)11/h9-10,12,14-15,26H,4-8,11,13H2,1-3H3;7-10H,2-6,15H2,1H3;3,9H,1-2H3,(H2,7,10,11)/t14-;9-;/m00./s1. The third-order valence-electron chi connectivity index (χ3n) is 11.9. The van der Waals surface area contributed by atoms with Crippen LogP contribution in [-0.2, 0) is 68.0 Å². The molecule has 0 radical (unpaired) electrons. The molecule has 2 fully saturated rings. The van der Waals surface area contributed by atoms with Crippen LogP contribution in [-0.4, -0.2) is 48.6 Å². The summed E-state index contributed by atoms with van der Waals surface area (Å²) >= 11 is 1.86. The highest BCUT2D eigenvalue weighted by atomic mass is 32.2. The van der Waals surface area contributed by atoms with Crippen molar-refractivity contribution in [3.63, 3.8) is 0 Å². The number of sulfone groups is 1. The SMILES string of the molecule is CC(C)(O)c1csc(S(N)(=O)=O)n1.C[C@H](c1ccc2c(c1CC(=O)CS(=O)(=O)c1nc(C(C)(C)O)cs1)CCC2)C1CC1.C[C@H](c1ccc2c(c1N)CCC2)C1CC1. The van der Waals surface area contributed by atoms with Crippen LogP contribution in [0.2, 0.25) is 0 Å². The van der Waals surface area contributed by atoms with Crippen molar-refractivity contribution in [1.82, 2.24) is 9.97 Å². The van der Waals surface area contributed by atoms with Gasteiger partial charge in [-0.05, 0) is 155 Å². The first-order valence-electron chi connectivity index (χ1n) is 20.2. The molecule has 2 heterocycles. The minimum Gasteiger partial charge on any atom is -0.398 e. The van der Waals surface area contributed by atoms with E-state index in [-0.39, 0.29) is 20.9 Å². The van der Waals surface area contributed by atoms with E-state index in [0.29, 0.717) is 29.1 Å². The molecule has 4 aromatic rings. The normalized spacial score (nSPS) is 17.7. The highest BCUT2D eigenvalue weighted by Gasteiger charge is 2.34. The van der Waals surface area contributed by atoms with Gasteiger partial charge in [-0.2, -0.15) is 0 Å².